The van der Waals surface area contributed by atoms with E-state index in [0.717, 1.165) is 22.8 Å². The first-order chi connectivity index (χ1) is 15.7. The second-order valence-electron chi connectivity index (χ2n) is 7.88. The van der Waals surface area contributed by atoms with Crippen LogP contribution in [0.1, 0.15) is 30.5 Å². The molecule has 7 heteroatoms. The number of anilines is 1. The van der Waals surface area contributed by atoms with Crippen LogP contribution in [0.2, 0.25) is 0 Å². The van der Waals surface area contributed by atoms with Gasteiger partial charge in [0.15, 0.2) is 0 Å². The number of rotatable bonds is 9. The molecule has 1 N–H and O–H groups in total. The lowest BCUT2D eigenvalue weighted by Crippen LogP contribution is -2.37. The summed E-state index contributed by atoms with van der Waals surface area (Å²) in [6, 6.07) is 20.8. The summed E-state index contributed by atoms with van der Waals surface area (Å²) in [6.07, 6.45) is 2.60. The highest BCUT2D eigenvalue weighted by molar-refractivity contribution is 7.92. The Labute approximate surface area is 194 Å². The van der Waals surface area contributed by atoms with E-state index in [-0.39, 0.29) is 17.5 Å². The van der Waals surface area contributed by atoms with Crippen molar-refractivity contribution < 1.29 is 23.1 Å². The summed E-state index contributed by atoms with van der Waals surface area (Å²) < 4.78 is 34.4. The Kier molecular flexibility index (Phi) is 7.55. The number of hydrogen-bond donors (Lipinski definition) is 1. The molecule has 0 amide bonds. The van der Waals surface area contributed by atoms with E-state index in [1.165, 1.54) is 10.4 Å². The summed E-state index contributed by atoms with van der Waals surface area (Å²) in [5.41, 5.74) is 3.05. The molecule has 3 aromatic carbocycles. The highest BCUT2D eigenvalue weighted by atomic mass is 32.2. The number of aliphatic carboxylic acids is 1. The smallest absolute Gasteiger partial charge is 0.328 e. The van der Waals surface area contributed by atoms with E-state index in [1.807, 2.05) is 45.0 Å². The summed E-state index contributed by atoms with van der Waals surface area (Å²) in [5, 5.41) is 8.75. The Morgan fingerprint density at radius 2 is 1.70 bits per heavy atom. The molecule has 0 radical (unpaired) electrons. The number of carbonyl (C=O) groups is 1. The van der Waals surface area contributed by atoms with Crippen LogP contribution in [0.5, 0.6) is 5.75 Å². The van der Waals surface area contributed by atoms with Crippen LogP contribution in [0.15, 0.2) is 83.8 Å². The van der Waals surface area contributed by atoms with Gasteiger partial charge in [-0.15, -0.1) is 0 Å². The van der Waals surface area contributed by atoms with Gasteiger partial charge in [0.1, 0.15) is 12.4 Å². The maximum atomic E-state index is 13.5. The Morgan fingerprint density at radius 1 is 1.03 bits per heavy atom. The largest absolute Gasteiger partial charge is 0.487 e. The molecule has 0 heterocycles. The Balaban J connectivity index is 1.90. The molecular formula is C26H27NO5S. The van der Waals surface area contributed by atoms with Gasteiger partial charge in [0.2, 0.25) is 0 Å². The molecule has 0 saturated heterocycles. The molecule has 0 saturated carbocycles. The van der Waals surface area contributed by atoms with E-state index in [4.69, 9.17) is 9.84 Å². The molecule has 0 bridgehead atoms. The lowest BCUT2D eigenvalue weighted by atomic mass is 10.1. The molecule has 3 aromatic rings. The van der Waals surface area contributed by atoms with Crippen LogP contribution in [0.3, 0.4) is 0 Å². The van der Waals surface area contributed by atoms with Crippen LogP contribution >= 0.6 is 0 Å². The minimum absolute atomic E-state index is 0.218. The molecule has 0 aliphatic heterocycles. The van der Waals surface area contributed by atoms with Gasteiger partial charge in [0.25, 0.3) is 10.0 Å². The SMILES string of the molecule is Cc1ccc(N(C(C)C)S(=O)(=O)c2ccccc2)c(OCc2ccc(C=CC(=O)O)cc2)c1. The van der Waals surface area contributed by atoms with Gasteiger partial charge >= 0.3 is 5.97 Å². The fourth-order valence-corrected chi connectivity index (χ4v) is 5.06. The molecule has 33 heavy (non-hydrogen) atoms. The molecule has 3 rings (SSSR count). The van der Waals surface area contributed by atoms with E-state index in [0.29, 0.717) is 11.4 Å². The van der Waals surface area contributed by atoms with Crippen molar-refractivity contribution in [2.45, 2.75) is 38.3 Å². The average molecular weight is 466 g/mol. The zero-order chi connectivity index (χ0) is 24.0. The fourth-order valence-electron chi connectivity index (χ4n) is 3.36. The van der Waals surface area contributed by atoms with E-state index >= 15 is 0 Å². The summed E-state index contributed by atoms with van der Waals surface area (Å²) in [4.78, 5) is 10.9. The highest BCUT2D eigenvalue weighted by Gasteiger charge is 2.29. The Bertz CT molecular complexity index is 1230. The normalized spacial score (nSPS) is 11.6. The Morgan fingerprint density at radius 3 is 2.30 bits per heavy atom. The van der Waals surface area contributed by atoms with E-state index in [1.54, 1.807) is 48.5 Å². The minimum Gasteiger partial charge on any atom is -0.487 e. The number of carboxylic acids is 1. The van der Waals surface area contributed by atoms with Gasteiger partial charge in [-0.05, 0) is 67.8 Å². The lowest BCUT2D eigenvalue weighted by Gasteiger charge is -2.30. The number of carboxylic acid groups (broad SMARTS) is 1. The van der Waals surface area contributed by atoms with Crippen molar-refractivity contribution in [2.75, 3.05) is 4.31 Å². The van der Waals surface area contributed by atoms with Gasteiger partial charge in [-0.1, -0.05) is 48.5 Å². The number of aryl methyl sites for hydroxylation is 1. The number of ether oxygens (including phenoxy) is 1. The average Bonchev–Trinajstić information content (AvgIpc) is 2.78. The molecule has 0 aromatic heterocycles. The number of sulfonamides is 1. The molecule has 0 spiro atoms. The van der Waals surface area contributed by atoms with Crippen molar-refractivity contribution in [1.29, 1.82) is 0 Å². The molecule has 0 aliphatic carbocycles. The van der Waals surface area contributed by atoms with Gasteiger partial charge in [-0.25, -0.2) is 13.2 Å². The first kappa shape index (κ1) is 24.1. The summed E-state index contributed by atoms with van der Waals surface area (Å²) in [5.74, 6) is -0.535. The monoisotopic (exact) mass is 465 g/mol. The second kappa shape index (κ2) is 10.4. The topological polar surface area (TPSA) is 83.9 Å². The first-order valence-electron chi connectivity index (χ1n) is 10.5. The van der Waals surface area contributed by atoms with Crippen molar-refractivity contribution in [1.82, 2.24) is 0 Å². The lowest BCUT2D eigenvalue weighted by molar-refractivity contribution is -0.131. The molecule has 0 unspecified atom stereocenters. The second-order valence-corrected chi connectivity index (χ2v) is 9.70. The van der Waals surface area contributed by atoms with Gasteiger partial charge < -0.3 is 9.84 Å². The van der Waals surface area contributed by atoms with Crippen molar-refractivity contribution in [3.8, 4) is 5.75 Å². The third kappa shape index (κ3) is 6.02. The van der Waals surface area contributed by atoms with Crippen molar-refractivity contribution >= 4 is 27.8 Å². The van der Waals surface area contributed by atoms with E-state index < -0.39 is 16.0 Å². The molecule has 172 valence electrons. The quantitative estimate of drug-likeness (QED) is 0.435. The summed E-state index contributed by atoms with van der Waals surface area (Å²) in [6.45, 7) is 5.81. The van der Waals surface area contributed by atoms with Gasteiger partial charge in [0.05, 0.1) is 10.6 Å². The Hall–Kier alpha value is -3.58. The van der Waals surface area contributed by atoms with Crippen molar-refractivity contribution in [2.24, 2.45) is 0 Å². The van der Waals surface area contributed by atoms with Gasteiger partial charge in [-0.3, -0.25) is 4.31 Å². The third-order valence-electron chi connectivity index (χ3n) is 4.91. The molecule has 0 aliphatic rings. The molecule has 0 atom stereocenters. The predicted octanol–water partition coefficient (Wildman–Crippen LogP) is 5.28. The third-order valence-corrected chi connectivity index (χ3v) is 6.92. The van der Waals surface area contributed by atoms with Crippen LogP contribution in [0.25, 0.3) is 6.08 Å². The molecular weight excluding hydrogens is 438 g/mol. The van der Waals surface area contributed by atoms with Crippen molar-refractivity contribution in [3.05, 3.63) is 95.6 Å². The summed E-state index contributed by atoms with van der Waals surface area (Å²) >= 11 is 0. The minimum atomic E-state index is -3.79. The zero-order valence-corrected chi connectivity index (χ0v) is 19.6. The van der Waals surface area contributed by atoms with Gasteiger partial charge in [0, 0.05) is 12.1 Å². The van der Waals surface area contributed by atoms with Crippen LogP contribution in [-0.2, 0) is 21.4 Å². The van der Waals surface area contributed by atoms with Crippen LogP contribution in [0.4, 0.5) is 5.69 Å². The molecule has 0 fully saturated rings. The summed E-state index contributed by atoms with van der Waals surface area (Å²) in [7, 11) is -3.79. The zero-order valence-electron chi connectivity index (χ0n) is 18.8. The maximum absolute atomic E-state index is 13.5. The number of benzene rings is 3. The van der Waals surface area contributed by atoms with E-state index in [2.05, 4.69) is 0 Å². The highest BCUT2D eigenvalue weighted by Crippen LogP contribution is 2.35. The number of nitrogens with zero attached hydrogens (tertiary/aromatic N) is 1. The maximum Gasteiger partial charge on any atom is 0.328 e. The fraction of sp³-hybridized carbons (Fsp3) is 0.192. The number of hydrogen-bond acceptors (Lipinski definition) is 4. The predicted molar refractivity (Wildman–Crippen MR) is 130 cm³/mol. The standard InChI is InChI=1S/C26H27NO5S/c1-19(2)27(33(30,31)23-7-5-4-6-8-23)24-15-9-20(3)17-25(24)32-18-22-12-10-21(11-13-22)14-16-26(28)29/h4-17,19H,18H2,1-3H3,(H,28,29). The van der Waals surface area contributed by atoms with Crippen molar-refractivity contribution in [3.63, 3.8) is 0 Å². The van der Waals surface area contributed by atoms with Gasteiger partial charge in [-0.2, -0.15) is 0 Å². The van der Waals surface area contributed by atoms with E-state index in [9.17, 15) is 13.2 Å². The molecule has 6 nitrogen and oxygen atoms in total. The first-order valence-corrected chi connectivity index (χ1v) is 12.0. The van der Waals surface area contributed by atoms with Crippen LogP contribution in [0, 0.1) is 6.92 Å². The van der Waals surface area contributed by atoms with Crippen LogP contribution < -0.4 is 9.04 Å². The van der Waals surface area contributed by atoms with Crippen LogP contribution in [-0.4, -0.2) is 25.5 Å².